The maximum Gasteiger partial charge on any atom is 0.252 e. The third kappa shape index (κ3) is 4.29. The van der Waals surface area contributed by atoms with Crippen molar-refractivity contribution in [2.45, 2.75) is 25.8 Å². The monoisotopic (exact) mass is 359 g/mol. The largest absolute Gasteiger partial charge is 0.396 e. The highest BCUT2D eigenvalue weighted by Crippen LogP contribution is 2.29. The van der Waals surface area contributed by atoms with Crippen LogP contribution in [0.5, 0.6) is 0 Å². The van der Waals surface area contributed by atoms with Gasteiger partial charge in [-0.3, -0.25) is 9.59 Å². The Hall–Kier alpha value is -1.42. The number of halogens is 2. The van der Waals surface area contributed by atoms with Crippen LogP contribution in [0.25, 0.3) is 0 Å². The molecule has 0 spiro atoms. The second-order valence-electron chi connectivity index (χ2n) is 4.80. The molecule has 0 aliphatic heterocycles. The highest BCUT2D eigenvalue weighted by molar-refractivity contribution is 8.04. The number of Topliss-reactive ketones (excluding diaryl/α,β-unsaturated/α-hetero) is 1. The fraction of sp³-hybridized carbons (Fsp3) is 0.357. The molecule has 0 radical (unpaired) electrons. The van der Waals surface area contributed by atoms with Crippen LogP contribution in [-0.2, 0) is 4.79 Å². The van der Waals surface area contributed by atoms with Gasteiger partial charge in [0, 0.05) is 5.56 Å². The van der Waals surface area contributed by atoms with E-state index < -0.39 is 11.4 Å². The van der Waals surface area contributed by atoms with Gasteiger partial charge in [-0.1, -0.05) is 30.1 Å². The summed E-state index contributed by atoms with van der Waals surface area (Å²) in [5, 5.41) is 13.4. The van der Waals surface area contributed by atoms with Crippen LogP contribution in [0.2, 0.25) is 10.0 Å². The van der Waals surface area contributed by atoms with Crippen LogP contribution in [0.3, 0.4) is 0 Å². The summed E-state index contributed by atoms with van der Waals surface area (Å²) in [6.45, 7) is 3.39. The number of thioether (sulfide) groups is 1. The first-order chi connectivity index (χ1) is 10.2. The van der Waals surface area contributed by atoms with Crippen LogP contribution in [0.1, 0.15) is 30.6 Å². The fourth-order valence-electron chi connectivity index (χ4n) is 1.65. The highest BCUT2D eigenvalue weighted by Gasteiger charge is 2.33. The summed E-state index contributed by atoms with van der Waals surface area (Å²) < 4.78 is 0. The number of rotatable bonds is 6. The third-order valence-corrected chi connectivity index (χ3v) is 4.48. The quantitative estimate of drug-likeness (QED) is 0.600. The first-order valence-corrected chi connectivity index (χ1v) is 8.10. The minimum atomic E-state index is -1.07. The lowest BCUT2D eigenvalue weighted by Crippen LogP contribution is -2.52. The van der Waals surface area contributed by atoms with Gasteiger partial charge < -0.3 is 11.1 Å². The molecule has 0 heterocycles. The van der Waals surface area contributed by atoms with Gasteiger partial charge in [-0.05, 0) is 37.2 Å². The summed E-state index contributed by atoms with van der Waals surface area (Å²) in [4.78, 5) is 24.5. The van der Waals surface area contributed by atoms with Gasteiger partial charge in [-0.15, -0.1) is 0 Å². The first kappa shape index (κ1) is 18.6. The lowest BCUT2D eigenvalue weighted by atomic mass is 9.93. The average molecular weight is 360 g/mol. The molecule has 1 aromatic carbocycles. The number of carbonyl (C=O) groups is 2. The molecular formula is C14H15Cl2N3O2S. The van der Waals surface area contributed by atoms with Crippen molar-refractivity contribution in [3.8, 4) is 5.40 Å². The molecule has 1 aromatic rings. The Labute approximate surface area is 143 Å². The van der Waals surface area contributed by atoms with E-state index in [-0.39, 0.29) is 32.8 Å². The van der Waals surface area contributed by atoms with Gasteiger partial charge in [0.15, 0.2) is 5.78 Å². The zero-order chi connectivity index (χ0) is 16.9. The predicted molar refractivity (Wildman–Crippen MR) is 90.1 cm³/mol. The van der Waals surface area contributed by atoms with E-state index in [0.717, 1.165) is 11.8 Å². The fourth-order valence-corrected chi connectivity index (χ4v) is 2.65. The third-order valence-electron chi connectivity index (χ3n) is 3.32. The van der Waals surface area contributed by atoms with Crippen molar-refractivity contribution in [1.29, 1.82) is 5.26 Å². The molecule has 0 saturated heterocycles. The summed E-state index contributed by atoms with van der Waals surface area (Å²) >= 11 is 12.6. The lowest BCUT2D eigenvalue weighted by molar-refractivity contribution is -0.122. The Morgan fingerprint density at radius 3 is 2.41 bits per heavy atom. The van der Waals surface area contributed by atoms with E-state index in [9.17, 15) is 9.59 Å². The molecule has 5 nitrogen and oxygen atoms in total. The molecule has 1 rings (SSSR count). The van der Waals surface area contributed by atoms with Crippen molar-refractivity contribution in [1.82, 2.24) is 5.32 Å². The molecule has 0 aromatic heterocycles. The number of nitrogens with one attached hydrogen (secondary N) is 1. The summed E-state index contributed by atoms with van der Waals surface area (Å²) in [6.07, 6.45) is 0.389. The summed E-state index contributed by atoms with van der Waals surface area (Å²) in [5.41, 5.74) is 4.96. The smallest absolute Gasteiger partial charge is 0.252 e. The van der Waals surface area contributed by atoms with Crippen molar-refractivity contribution in [3.05, 3.63) is 27.7 Å². The van der Waals surface area contributed by atoms with Gasteiger partial charge in [0.05, 0.1) is 27.0 Å². The summed E-state index contributed by atoms with van der Waals surface area (Å²) in [7, 11) is 0. The second-order valence-corrected chi connectivity index (χ2v) is 6.37. The number of ketones is 1. The molecule has 22 heavy (non-hydrogen) atoms. The number of nitrogens with two attached hydrogens (primary N) is 1. The topological polar surface area (TPSA) is 96.0 Å². The van der Waals surface area contributed by atoms with Gasteiger partial charge in [0.25, 0.3) is 5.91 Å². The molecule has 0 aliphatic rings. The Bertz CT molecular complexity index is 622. The summed E-state index contributed by atoms with van der Waals surface area (Å²) in [6, 6.07) is 2.78. The molecule has 1 amide bonds. The maximum atomic E-state index is 12.3. The Balaban J connectivity index is 2.98. The second kappa shape index (κ2) is 7.73. The number of carbonyl (C=O) groups excluding carboxylic acids is 2. The van der Waals surface area contributed by atoms with Gasteiger partial charge in [-0.25, -0.2) is 0 Å². The van der Waals surface area contributed by atoms with Gasteiger partial charge in [0.1, 0.15) is 5.40 Å². The predicted octanol–water partition coefficient (Wildman–Crippen LogP) is 3.26. The number of nitrogens with zero attached hydrogens (tertiary/aromatic N) is 1. The average Bonchev–Trinajstić information content (AvgIpc) is 2.49. The molecule has 8 heteroatoms. The van der Waals surface area contributed by atoms with Crippen LogP contribution >= 0.6 is 35.0 Å². The van der Waals surface area contributed by atoms with Crippen LogP contribution in [0.4, 0.5) is 5.69 Å². The number of nitrogen functional groups attached to an aromatic ring is 1. The SMILES string of the molecule is CCC(C)(NC(=O)c1cc(Cl)c(N)c(Cl)c1)C(=O)CSC#N. The van der Waals surface area contributed by atoms with Crippen LogP contribution in [0, 0.1) is 10.7 Å². The van der Waals surface area contributed by atoms with Gasteiger partial charge in [-0.2, -0.15) is 5.26 Å². The van der Waals surface area contributed by atoms with E-state index in [1.54, 1.807) is 13.8 Å². The highest BCUT2D eigenvalue weighted by atomic mass is 35.5. The van der Waals surface area contributed by atoms with Crippen molar-refractivity contribution in [2.75, 3.05) is 11.5 Å². The molecular weight excluding hydrogens is 345 g/mol. The van der Waals surface area contributed by atoms with Crippen LogP contribution in [-0.4, -0.2) is 23.0 Å². The number of hydrogen-bond donors (Lipinski definition) is 2. The number of thiocyanates is 1. The van der Waals surface area contributed by atoms with E-state index in [1.807, 2.05) is 5.40 Å². The Morgan fingerprint density at radius 1 is 1.41 bits per heavy atom. The zero-order valence-electron chi connectivity index (χ0n) is 12.1. The molecule has 0 fully saturated rings. The standard InChI is InChI=1S/C14H15Cl2N3O2S/c1-3-14(2,11(20)6-22-7-17)19-13(21)8-4-9(15)12(18)10(16)5-8/h4-5H,3,6,18H2,1-2H3,(H,19,21). The van der Waals surface area contributed by atoms with E-state index in [1.165, 1.54) is 12.1 Å². The van der Waals surface area contributed by atoms with Gasteiger partial charge >= 0.3 is 0 Å². The van der Waals surface area contributed by atoms with Crippen LogP contribution in [0.15, 0.2) is 12.1 Å². The number of nitriles is 1. The summed E-state index contributed by atoms with van der Waals surface area (Å²) in [5.74, 6) is -0.712. The molecule has 3 N–H and O–H groups in total. The van der Waals surface area contributed by atoms with E-state index in [0.29, 0.717) is 6.42 Å². The van der Waals surface area contributed by atoms with E-state index in [2.05, 4.69) is 5.32 Å². The zero-order valence-corrected chi connectivity index (χ0v) is 14.4. The first-order valence-electron chi connectivity index (χ1n) is 6.36. The number of benzene rings is 1. The van der Waals surface area contributed by atoms with Crippen LogP contribution < -0.4 is 11.1 Å². The Kier molecular flexibility index (Phi) is 6.54. The lowest BCUT2D eigenvalue weighted by Gasteiger charge is -2.27. The molecule has 0 bridgehead atoms. The minimum Gasteiger partial charge on any atom is -0.396 e. The normalized spacial score (nSPS) is 13.0. The van der Waals surface area contributed by atoms with Crippen molar-refractivity contribution in [2.24, 2.45) is 0 Å². The molecule has 0 saturated carbocycles. The van der Waals surface area contributed by atoms with E-state index in [4.69, 9.17) is 34.2 Å². The maximum absolute atomic E-state index is 12.3. The number of anilines is 1. The number of amides is 1. The van der Waals surface area contributed by atoms with E-state index >= 15 is 0 Å². The van der Waals surface area contributed by atoms with Gasteiger partial charge in [0.2, 0.25) is 0 Å². The molecule has 0 aliphatic carbocycles. The molecule has 1 atom stereocenters. The van der Waals surface area contributed by atoms with Crippen molar-refractivity contribution >= 4 is 52.3 Å². The minimum absolute atomic E-state index is 0.00434. The Morgan fingerprint density at radius 2 is 1.95 bits per heavy atom. The molecule has 118 valence electrons. The van der Waals surface area contributed by atoms with Crippen molar-refractivity contribution < 1.29 is 9.59 Å². The number of hydrogen-bond acceptors (Lipinski definition) is 5. The van der Waals surface area contributed by atoms with Crippen molar-refractivity contribution in [3.63, 3.8) is 0 Å². The molecule has 1 unspecified atom stereocenters.